The molecule has 0 unspecified atom stereocenters. The smallest absolute Gasteiger partial charge is 0.134 e. The molecule has 0 radical (unpaired) electrons. The fourth-order valence-corrected chi connectivity index (χ4v) is 1.69. The van der Waals surface area contributed by atoms with Gasteiger partial charge in [-0.2, -0.15) is 0 Å². The van der Waals surface area contributed by atoms with Crippen LogP contribution in [0.25, 0.3) is 0 Å². The van der Waals surface area contributed by atoms with E-state index in [0.717, 1.165) is 25.0 Å². The largest absolute Gasteiger partial charge is 0.497 e. The average molecular weight is 244 g/mol. The number of benzene rings is 1. The van der Waals surface area contributed by atoms with Crippen LogP contribution in [0.15, 0.2) is 12.1 Å². The number of methoxy groups -OCH3 is 1. The molecule has 0 fully saturated rings. The van der Waals surface area contributed by atoms with Gasteiger partial charge < -0.3 is 16.2 Å². The first-order valence-corrected chi connectivity index (χ1v) is 5.58. The fourth-order valence-electron chi connectivity index (χ4n) is 1.69. The minimum atomic E-state index is -0.665. The van der Waals surface area contributed by atoms with Gasteiger partial charge >= 0.3 is 0 Å². The van der Waals surface area contributed by atoms with E-state index in [1.54, 1.807) is 0 Å². The molecule has 0 saturated heterocycles. The third-order valence-corrected chi connectivity index (χ3v) is 2.63. The predicted molar refractivity (Wildman–Crippen MR) is 62.7 cm³/mol. The van der Waals surface area contributed by atoms with Gasteiger partial charge in [0.1, 0.15) is 17.4 Å². The number of ether oxygens (including phenoxy) is 1. The third kappa shape index (κ3) is 3.64. The standard InChI is InChI=1S/C12H18F2N2O/c1-17-8-6-9(13)12(10(14)7-8)11(16)4-2-3-5-15/h6-7,11H,2-5,15-16H2,1H3/t11-/m1/s1. The van der Waals surface area contributed by atoms with E-state index < -0.39 is 17.7 Å². The Bertz CT molecular complexity index is 349. The van der Waals surface area contributed by atoms with Gasteiger partial charge in [0.2, 0.25) is 0 Å². The van der Waals surface area contributed by atoms with Crippen LogP contribution in [0, 0.1) is 11.6 Å². The molecule has 0 saturated carbocycles. The van der Waals surface area contributed by atoms with Crippen molar-refractivity contribution >= 4 is 0 Å². The van der Waals surface area contributed by atoms with Gasteiger partial charge in [0.05, 0.1) is 7.11 Å². The van der Waals surface area contributed by atoms with Gasteiger partial charge in [0, 0.05) is 23.7 Å². The van der Waals surface area contributed by atoms with Crippen molar-refractivity contribution in [2.75, 3.05) is 13.7 Å². The highest BCUT2D eigenvalue weighted by molar-refractivity contribution is 5.32. The molecule has 1 aromatic rings. The summed E-state index contributed by atoms with van der Waals surface area (Å²) in [7, 11) is 1.36. The van der Waals surface area contributed by atoms with Crippen molar-refractivity contribution in [1.29, 1.82) is 0 Å². The molecule has 96 valence electrons. The Balaban J connectivity index is 2.82. The van der Waals surface area contributed by atoms with E-state index in [4.69, 9.17) is 16.2 Å². The lowest BCUT2D eigenvalue weighted by atomic mass is 10.0. The fraction of sp³-hybridized carbons (Fsp3) is 0.500. The number of unbranched alkanes of at least 4 members (excludes halogenated alkanes) is 1. The zero-order valence-electron chi connectivity index (χ0n) is 9.88. The Kier molecular flexibility index (Phi) is 5.31. The second kappa shape index (κ2) is 6.51. The van der Waals surface area contributed by atoms with Crippen LogP contribution in [0.4, 0.5) is 8.78 Å². The van der Waals surface area contributed by atoms with Crippen molar-refractivity contribution < 1.29 is 13.5 Å². The molecule has 0 aliphatic heterocycles. The zero-order chi connectivity index (χ0) is 12.8. The normalized spacial score (nSPS) is 12.5. The Morgan fingerprint density at radius 1 is 1.24 bits per heavy atom. The van der Waals surface area contributed by atoms with Crippen LogP contribution in [0.2, 0.25) is 0 Å². The van der Waals surface area contributed by atoms with Crippen LogP contribution in [-0.2, 0) is 0 Å². The molecule has 3 nitrogen and oxygen atoms in total. The predicted octanol–water partition coefficient (Wildman–Crippen LogP) is 2.10. The van der Waals surface area contributed by atoms with Crippen LogP contribution in [0.5, 0.6) is 5.75 Å². The van der Waals surface area contributed by atoms with E-state index >= 15 is 0 Å². The summed E-state index contributed by atoms with van der Waals surface area (Å²) in [6, 6.07) is 1.63. The molecule has 0 aliphatic carbocycles. The summed E-state index contributed by atoms with van der Waals surface area (Å²) in [6.45, 7) is 0.556. The summed E-state index contributed by atoms with van der Waals surface area (Å²) in [5.41, 5.74) is 11.0. The molecule has 0 bridgehead atoms. The van der Waals surface area contributed by atoms with Crippen molar-refractivity contribution in [2.45, 2.75) is 25.3 Å². The highest BCUT2D eigenvalue weighted by Crippen LogP contribution is 2.26. The number of hydrogen-bond acceptors (Lipinski definition) is 3. The molecule has 0 aromatic heterocycles. The molecule has 0 heterocycles. The average Bonchev–Trinajstić information content (AvgIpc) is 2.28. The Morgan fingerprint density at radius 3 is 2.29 bits per heavy atom. The Labute approximate surface area is 99.7 Å². The monoisotopic (exact) mass is 244 g/mol. The topological polar surface area (TPSA) is 61.3 Å². The number of hydrogen-bond donors (Lipinski definition) is 2. The molecular weight excluding hydrogens is 226 g/mol. The van der Waals surface area contributed by atoms with Crippen LogP contribution < -0.4 is 16.2 Å². The van der Waals surface area contributed by atoms with Crippen molar-refractivity contribution in [3.63, 3.8) is 0 Å². The summed E-state index contributed by atoms with van der Waals surface area (Å²) >= 11 is 0. The van der Waals surface area contributed by atoms with Crippen molar-refractivity contribution in [2.24, 2.45) is 11.5 Å². The maximum Gasteiger partial charge on any atom is 0.134 e. The van der Waals surface area contributed by atoms with Crippen LogP contribution in [0.1, 0.15) is 30.9 Å². The molecule has 4 N–H and O–H groups in total. The Morgan fingerprint density at radius 2 is 1.82 bits per heavy atom. The first kappa shape index (κ1) is 13.9. The van der Waals surface area contributed by atoms with E-state index in [9.17, 15) is 8.78 Å². The number of halogens is 2. The molecule has 0 amide bonds. The molecule has 5 heteroatoms. The maximum atomic E-state index is 13.6. The molecule has 0 aliphatic rings. The van der Waals surface area contributed by atoms with E-state index in [1.165, 1.54) is 7.11 Å². The van der Waals surface area contributed by atoms with Gasteiger partial charge in [-0.1, -0.05) is 6.42 Å². The second-order valence-corrected chi connectivity index (χ2v) is 3.90. The SMILES string of the molecule is COc1cc(F)c([C@H](N)CCCCN)c(F)c1. The first-order valence-electron chi connectivity index (χ1n) is 5.58. The number of nitrogens with two attached hydrogens (primary N) is 2. The first-order chi connectivity index (χ1) is 8.10. The van der Waals surface area contributed by atoms with Gasteiger partial charge in [-0.3, -0.25) is 0 Å². The summed E-state index contributed by atoms with van der Waals surface area (Å²) in [5, 5.41) is 0. The summed E-state index contributed by atoms with van der Waals surface area (Å²) in [6.07, 6.45) is 2.06. The summed E-state index contributed by atoms with van der Waals surface area (Å²) in [4.78, 5) is 0. The Hall–Kier alpha value is -1.20. The lowest BCUT2D eigenvalue weighted by Crippen LogP contribution is -2.15. The van der Waals surface area contributed by atoms with Crippen molar-refractivity contribution in [3.8, 4) is 5.75 Å². The van der Waals surface area contributed by atoms with Gasteiger partial charge in [-0.25, -0.2) is 8.78 Å². The molecular formula is C12H18F2N2O. The molecule has 17 heavy (non-hydrogen) atoms. The molecule has 1 rings (SSSR count). The zero-order valence-corrected chi connectivity index (χ0v) is 9.88. The van der Waals surface area contributed by atoms with Crippen LogP contribution >= 0.6 is 0 Å². The van der Waals surface area contributed by atoms with Crippen molar-refractivity contribution in [1.82, 2.24) is 0 Å². The van der Waals surface area contributed by atoms with Crippen LogP contribution in [0.3, 0.4) is 0 Å². The highest BCUT2D eigenvalue weighted by Gasteiger charge is 2.17. The third-order valence-electron chi connectivity index (χ3n) is 2.63. The second-order valence-electron chi connectivity index (χ2n) is 3.90. The van der Waals surface area contributed by atoms with Gasteiger partial charge in [-0.05, 0) is 19.4 Å². The summed E-state index contributed by atoms with van der Waals surface area (Å²) in [5.74, 6) is -1.18. The minimum absolute atomic E-state index is 0.0807. The lowest BCUT2D eigenvalue weighted by molar-refractivity contribution is 0.402. The molecule has 1 aromatic carbocycles. The highest BCUT2D eigenvalue weighted by atomic mass is 19.1. The lowest BCUT2D eigenvalue weighted by Gasteiger charge is -2.14. The molecule has 0 spiro atoms. The minimum Gasteiger partial charge on any atom is -0.497 e. The van der Waals surface area contributed by atoms with E-state index in [1.807, 2.05) is 0 Å². The van der Waals surface area contributed by atoms with Gasteiger partial charge in [0.15, 0.2) is 0 Å². The molecule has 1 atom stereocenters. The quantitative estimate of drug-likeness (QED) is 0.753. The van der Waals surface area contributed by atoms with Gasteiger partial charge in [-0.15, -0.1) is 0 Å². The van der Waals surface area contributed by atoms with Gasteiger partial charge in [0.25, 0.3) is 0 Å². The van der Waals surface area contributed by atoms with Crippen LogP contribution in [-0.4, -0.2) is 13.7 Å². The van der Waals surface area contributed by atoms with Crippen molar-refractivity contribution in [3.05, 3.63) is 29.3 Å². The number of rotatable bonds is 6. The van der Waals surface area contributed by atoms with E-state index in [-0.39, 0.29) is 11.3 Å². The van der Waals surface area contributed by atoms with E-state index in [2.05, 4.69) is 0 Å². The summed E-state index contributed by atoms with van der Waals surface area (Å²) < 4.78 is 32.0. The van der Waals surface area contributed by atoms with E-state index in [0.29, 0.717) is 13.0 Å². The maximum absolute atomic E-state index is 13.6.